The Morgan fingerprint density at radius 3 is 3.24 bits per heavy atom. The Bertz CT molecular complexity index is 371. The van der Waals surface area contributed by atoms with Crippen LogP contribution >= 0.6 is 0 Å². The fraction of sp³-hybridized carbons (Fsp3) is 0.636. The van der Waals surface area contributed by atoms with Gasteiger partial charge in [0.2, 0.25) is 0 Å². The Hall–Kier alpha value is -1.56. The molecule has 0 spiro atoms. The molecule has 17 heavy (non-hydrogen) atoms. The molecule has 2 amide bonds. The summed E-state index contributed by atoms with van der Waals surface area (Å²) >= 11 is 0. The smallest absolute Gasteiger partial charge is 0.319 e. The molecule has 2 rings (SSSR count). The molecule has 1 aliphatic heterocycles. The van der Waals surface area contributed by atoms with Crippen LogP contribution in [0.5, 0.6) is 0 Å². The number of nitrogens with zero attached hydrogens (tertiary/aromatic N) is 2. The van der Waals surface area contributed by atoms with E-state index in [1.54, 1.807) is 17.1 Å². The van der Waals surface area contributed by atoms with E-state index in [2.05, 4.69) is 15.7 Å². The molecule has 0 unspecified atom stereocenters. The molecule has 2 N–H and O–H groups in total. The van der Waals surface area contributed by atoms with E-state index in [4.69, 9.17) is 4.74 Å². The largest absolute Gasteiger partial charge is 0.376 e. The molecule has 94 valence electrons. The number of carbonyl (C=O) groups excluding carboxylic acids is 1. The van der Waals surface area contributed by atoms with Crippen LogP contribution in [0, 0.1) is 0 Å². The quantitative estimate of drug-likeness (QED) is 0.828. The lowest BCUT2D eigenvalue weighted by Gasteiger charge is -2.10. The van der Waals surface area contributed by atoms with Crippen LogP contribution in [0.25, 0.3) is 0 Å². The molecule has 0 bridgehead atoms. The standard InChI is InChI=1S/C11H18N4O2/c1-2-15-8-9(6-13-15)14-11(16)12-7-10-4-3-5-17-10/h6,8,10H,2-5,7H2,1H3,(H2,12,14,16)/t10-/m1/s1. The van der Waals surface area contributed by atoms with Crippen molar-refractivity contribution in [3.8, 4) is 0 Å². The number of nitrogens with one attached hydrogen (secondary N) is 2. The van der Waals surface area contributed by atoms with Crippen molar-refractivity contribution in [2.75, 3.05) is 18.5 Å². The van der Waals surface area contributed by atoms with Gasteiger partial charge in [-0.25, -0.2) is 4.79 Å². The van der Waals surface area contributed by atoms with Gasteiger partial charge in [0.05, 0.1) is 18.0 Å². The minimum absolute atomic E-state index is 0.166. The molecular formula is C11H18N4O2. The van der Waals surface area contributed by atoms with Crippen molar-refractivity contribution in [2.24, 2.45) is 0 Å². The van der Waals surface area contributed by atoms with Gasteiger partial charge in [0.1, 0.15) is 0 Å². The van der Waals surface area contributed by atoms with Crippen molar-refractivity contribution in [1.82, 2.24) is 15.1 Å². The number of hydrogen-bond acceptors (Lipinski definition) is 3. The third kappa shape index (κ3) is 3.45. The average molecular weight is 238 g/mol. The molecule has 0 aromatic carbocycles. The van der Waals surface area contributed by atoms with Crippen LogP contribution in [0.1, 0.15) is 19.8 Å². The van der Waals surface area contributed by atoms with Crippen LogP contribution in [0.2, 0.25) is 0 Å². The van der Waals surface area contributed by atoms with Gasteiger partial charge in [-0.15, -0.1) is 0 Å². The van der Waals surface area contributed by atoms with Crippen molar-refractivity contribution >= 4 is 11.7 Å². The predicted molar refractivity (Wildman–Crippen MR) is 63.9 cm³/mol. The Balaban J connectivity index is 1.72. The highest BCUT2D eigenvalue weighted by Gasteiger charge is 2.16. The van der Waals surface area contributed by atoms with Crippen LogP contribution in [-0.2, 0) is 11.3 Å². The van der Waals surface area contributed by atoms with Crippen LogP contribution in [0.3, 0.4) is 0 Å². The van der Waals surface area contributed by atoms with Crippen LogP contribution in [0.4, 0.5) is 10.5 Å². The van der Waals surface area contributed by atoms with Crippen LogP contribution in [-0.4, -0.2) is 35.1 Å². The first-order valence-corrected chi connectivity index (χ1v) is 5.97. The highest BCUT2D eigenvalue weighted by atomic mass is 16.5. The van der Waals surface area contributed by atoms with Gasteiger partial charge < -0.3 is 15.4 Å². The van der Waals surface area contributed by atoms with E-state index in [1.165, 1.54) is 0 Å². The van der Waals surface area contributed by atoms with Gasteiger partial charge in [-0.05, 0) is 19.8 Å². The molecule has 6 nitrogen and oxygen atoms in total. The molecule has 2 heterocycles. The van der Waals surface area contributed by atoms with E-state index in [1.807, 2.05) is 6.92 Å². The Morgan fingerprint density at radius 2 is 2.59 bits per heavy atom. The number of amides is 2. The van der Waals surface area contributed by atoms with Gasteiger partial charge in [-0.2, -0.15) is 5.10 Å². The lowest BCUT2D eigenvalue weighted by molar-refractivity contribution is 0.112. The van der Waals surface area contributed by atoms with Gasteiger partial charge in [-0.3, -0.25) is 4.68 Å². The van der Waals surface area contributed by atoms with E-state index in [0.29, 0.717) is 12.2 Å². The van der Waals surface area contributed by atoms with E-state index < -0.39 is 0 Å². The monoisotopic (exact) mass is 238 g/mol. The maximum atomic E-state index is 11.6. The molecule has 0 radical (unpaired) electrons. The normalized spacial score (nSPS) is 19.2. The van der Waals surface area contributed by atoms with E-state index in [0.717, 1.165) is 26.0 Å². The third-order valence-corrected chi connectivity index (χ3v) is 2.73. The topological polar surface area (TPSA) is 68.2 Å². The fourth-order valence-corrected chi connectivity index (χ4v) is 1.79. The molecule has 6 heteroatoms. The summed E-state index contributed by atoms with van der Waals surface area (Å²) in [6.45, 7) is 4.15. The maximum absolute atomic E-state index is 11.6. The second-order valence-electron chi connectivity index (χ2n) is 4.05. The first-order chi connectivity index (χ1) is 8.28. The molecule has 1 aromatic heterocycles. The van der Waals surface area contributed by atoms with Crippen molar-refractivity contribution < 1.29 is 9.53 Å². The van der Waals surface area contributed by atoms with Crippen molar-refractivity contribution in [2.45, 2.75) is 32.4 Å². The van der Waals surface area contributed by atoms with Gasteiger partial charge in [-0.1, -0.05) is 0 Å². The first kappa shape index (κ1) is 11.9. The zero-order valence-corrected chi connectivity index (χ0v) is 9.98. The summed E-state index contributed by atoms with van der Waals surface area (Å²) in [4.78, 5) is 11.6. The molecule has 1 aromatic rings. The predicted octanol–water partition coefficient (Wildman–Crippen LogP) is 1.20. The van der Waals surface area contributed by atoms with E-state index in [-0.39, 0.29) is 12.1 Å². The number of urea groups is 1. The van der Waals surface area contributed by atoms with Crippen molar-refractivity contribution in [1.29, 1.82) is 0 Å². The fourth-order valence-electron chi connectivity index (χ4n) is 1.79. The molecular weight excluding hydrogens is 220 g/mol. The number of aromatic nitrogens is 2. The lowest BCUT2D eigenvalue weighted by Crippen LogP contribution is -2.34. The Morgan fingerprint density at radius 1 is 1.71 bits per heavy atom. The van der Waals surface area contributed by atoms with E-state index >= 15 is 0 Å². The molecule has 1 atom stereocenters. The molecule has 0 aliphatic carbocycles. The highest BCUT2D eigenvalue weighted by molar-refractivity contribution is 5.88. The number of rotatable bonds is 4. The zero-order valence-electron chi connectivity index (χ0n) is 9.98. The summed E-state index contributed by atoms with van der Waals surface area (Å²) in [5, 5.41) is 9.59. The number of carbonyl (C=O) groups is 1. The molecule has 1 fully saturated rings. The first-order valence-electron chi connectivity index (χ1n) is 5.97. The summed E-state index contributed by atoms with van der Waals surface area (Å²) in [6.07, 6.45) is 5.70. The number of aryl methyl sites for hydroxylation is 1. The highest BCUT2D eigenvalue weighted by Crippen LogP contribution is 2.10. The van der Waals surface area contributed by atoms with Gasteiger partial charge in [0.25, 0.3) is 0 Å². The molecule has 1 saturated heterocycles. The second-order valence-corrected chi connectivity index (χ2v) is 4.05. The minimum Gasteiger partial charge on any atom is -0.376 e. The molecule has 1 aliphatic rings. The Kier molecular flexibility index (Phi) is 3.98. The number of hydrogen-bond donors (Lipinski definition) is 2. The number of ether oxygens (including phenoxy) is 1. The SMILES string of the molecule is CCn1cc(NC(=O)NC[C@H]2CCCO2)cn1. The Labute approximate surface area is 100 Å². The van der Waals surface area contributed by atoms with Crippen molar-refractivity contribution in [3.05, 3.63) is 12.4 Å². The average Bonchev–Trinajstić information content (AvgIpc) is 2.97. The lowest BCUT2D eigenvalue weighted by atomic mass is 10.2. The van der Waals surface area contributed by atoms with Crippen molar-refractivity contribution in [3.63, 3.8) is 0 Å². The zero-order chi connectivity index (χ0) is 12.1. The number of anilines is 1. The minimum atomic E-state index is -0.212. The van der Waals surface area contributed by atoms with Crippen LogP contribution in [0.15, 0.2) is 12.4 Å². The second kappa shape index (κ2) is 5.67. The maximum Gasteiger partial charge on any atom is 0.319 e. The summed E-state index contributed by atoms with van der Waals surface area (Å²) in [5.74, 6) is 0. The third-order valence-electron chi connectivity index (χ3n) is 2.73. The van der Waals surface area contributed by atoms with E-state index in [9.17, 15) is 4.79 Å². The van der Waals surface area contributed by atoms with Gasteiger partial charge in [0, 0.05) is 25.9 Å². The van der Waals surface area contributed by atoms with Gasteiger partial charge >= 0.3 is 6.03 Å². The molecule has 0 saturated carbocycles. The summed E-state index contributed by atoms with van der Waals surface area (Å²) < 4.78 is 7.18. The summed E-state index contributed by atoms with van der Waals surface area (Å²) in [7, 11) is 0. The summed E-state index contributed by atoms with van der Waals surface area (Å²) in [6, 6.07) is -0.212. The van der Waals surface area contributed by atoms with Gasteiger partial charge in [0.15, 0.2) is 0 Å². The van der Waals surface area contributed by atoms with Crippen LogP contribution < -0.4 is 10.6 Å². The summed E-state index contributed by atoms with van der Waals surface area (Å²) in [5.41, 5.74) is 0.705.